The molecule has 84 valence electrons. The van der Waals surface area contributed by atoms with Gasteiger partial charge in [0.25, 0.3) is 0 Å². The predicted molar refractivity (Wildman–Crippen MR) is 58.4 cm³/mol. The van der Waals surface area contributed by atoms with Gasteiger partial charge in [0.05, 0.1) is 11.7 Å². The molecular weight excluding hydrogens is 176 g/mol. The van der Waals surface area contributed by atoms with Crippen molar-refractivity contribution in [2.24, 2.45) is 11.8 Å². The van der Waals surface area contributed by atoms with Crippen molar-refractivity contribution in [3.63, 3.8) is 0 Å². The van der Waals surface area contributed by atoms with E-state index in [-0.39, 0.29) is 11.7 Å². The molecule has 3 unspecified atom stereocenters. The van der Waals surface area contributed by atoms with E-state index >= 15 is 0 Å². The Labute approximate surface area is 88.0 Å². The first-order chi connectivity index (χ1) is 6.53. The molecule has 0 N–H and O–H groups in total. The third-order valence-electron chi connectivity index (χ3n) is 3.90. The summed E-state index contributed by atoms with van der Waals surface area (Å²) in [4.78, 5) is 0. The van der Waals surface area contributed by atoms with Crippen molar-refractivity contribution < 1.29 is 9.47 Å². The molecular formula is C12H24O2. The SMILES string of the molecule is COC1CC(C(C)C)CCC1(C)OC. The first-order valence-electron chi connectivity index (χ1n) is 5.61. The molecule has 0 aromatic carbocycles. The summed E-state index contributed by atoms with van der Waals surface area (Å²) in [6.45, 7) is 6.76. The molecule has 1 rings (SSSR count). The van der Waals surface area contributed by atoms with Crippen molar-refractivity contribution in [1.29, 1.82) is 0 Å². The van der Waals surface area contributed by atoms with Gasteiger partial charge in [-0.2, -0.15) is 0 Å². The zero-order chi connectivity index (χ0) is 10.8. The monoisotopic (exact) mass is 200 g/mol. The predicted octanol–water partition coefficient (Wildman–Crippen LogP) is 2.86. The fourth-order valence-electron chi connectivity index (χ4n) is 2.46. The molecule has 0 aromatic heterocycles. The third-order valence-corrected chi connectivity index (χ3v) is 3.90. The Morgan fingerprint density at radius 1 is 1.29 bits per heavy atom. The van der Waals surface area contributed by atoms with E-state index in [4.69, 9.17) is 9.47 Å². The van der Waals surface area contributed by atoms with Gasteiger partial charge in [0.2, 0.25) is 0 Å². The number of rotatable bonds is 3. The van der Waals surface area contributed by atoms with E-state index < -0.39 is 0 Å². The van der Waals surface area contributed by atoms with Crippen LogP contribution in [0.15, 0.2) is 0 Å². The molecule has 3 atom stereocenters. The molecule has 1 aliphatic rings. The second-order valence-corrected chi connectivity index (χ2v) is 5.02. The van der Waals surface area contributed by atoms with Crippen molar-refractivity contribution in [2.45, 2.75) is 51.7 Å². The van der Waals surface area contributed by atoms with Crippen molar-refractivity contribution in [3.05, 3.63) is 0 Å². The van der Waals surface area contributed by atoms with E-state index in [0.29, 0.717) is 0 Å². The summed E-state index contributed by atoms with van der Waals surface area (Å²) >= 11 is 0. The van der Waals surface area contributed by atoms with Crippen LogP contribution in [0.25, 0.3) is 0 Å². The first kappa shape index (κ1) is 12.0. The van der Waals surface area contributed by atoms with Crippen LogP contribution < -0.4 is 0 Å². The van der Waals surface area contributed by atoms with E-state index in [9.17, 15) is 0 Å². The Kier molecular flexibility index (Phi) is 3.96. The van der Waals surface area contributed by atoms with Gasteiger partial charge in [0, 0.05) is 14.2 Å². The van der Waals surface area contributed by atoms with Crippen LogP contribution in [0.4, 0.5) is 0 Å². The highest BCUT2D eigenvalue weighted by atomic mass is 16.5. The summed E-state index contributed by atoms with van der Waals surface area (Å²) in [5, 5.41) is 0. The normalized spacial score (nSPS) is 39.0. The molecule has 0 saturated heterocycles. The molecule has 1 aliphatic carbocycles. The summed E-state index contributed by atoms with van der Waals surface area (Å²) in [7, 11) is 3.59. The largest absolute Gasteiger partial charge is 0.378 e. The van der Waals surface area contributed by atoms with Crippen LogP contribution in [0, 0.1) is 11.8 Å². The Morgan fingerprint density at radius 3 is 2.36 bits per heavy atom. The van der Waals surface area contributed by atoms with Gasteiger partial charge in [0.15, 0.2) is 0 Å². The second-order valence-electron chi connectivity index (χ2n) is 5.02. The summed E-state index contributed by atoms with van der Waals surface area (Å²) in [5.74, 6) is 1.55. The number of methoxy groups -OCH3 is 2. The van der Waals surface area contributed by atoms with Crippen molar-refractivity contribution >= 4 is 0 Å². The molecule has 14 heavy (non-hydrogen) atoms. The lowest BCUT2D eigenvalue weighted by Crippen LogP contribution is -2.47. The molecule has 0 amide bonds. The number of ether oxygens (including phenoxy) is 2. The smallest absolute Gasteiger partial charge is 0.0911 e. The van der Waals surface area contributed by atoms with Crippen LogP contribution in [0.5, 0.6) is 0 Å². The Morgan fingerprint density at radius 2 is 1.93 bits per heavy atom. The standard InChI is InChI=1S/C12H24O2/c1-9(2)10-6-7-12(3,14-5)11(8-10)13-4/h9-11H,6-8H2,1-5H3. The average Bonchev–Trinajstić information content (AvgIpc) is 2.18. The molecule has 0 spiro atoms. The maximum atomic E-state index is 5.59. The highest BCUT2D eigenvalue weighted by Crippen LogP contribution is 2.38. The zero-order valence-corrected chi connectivity index (χ0v) is 10.2. The minimum absolute atomic E-state index is 0.0693. The zero-order valence-electron chi connectivity index (χ0n) is 10.2. The molecule has 0 radical (unpaired) electrons. The lowest BCUT2D eigenvalue weighted by molar-refractivity contribution is -0.140. The fraction of sp³-hybridized carbons (Fsp3) is 1.00. The minimum Gasteiger partial charge on any atom is -0.378 e. The van der Waals surface area contributed by atoms with E-state index in [1.54, 1.807) is 14.2 Å². The Hall–Kier alpha value is -0.0800. The van der Waals surface area contributed by atoms with Gasteiger partial charge in [-0.25, -0.2) is 0 Å². The highest BCUT2D eigenvalue weighted by molar-refractivity contribution is 4.92. The van der Waals surface area contributed by atoms with Crippen molar-refractivity contribution in [1.82, 2.24) is 0 Å². The van der Waals surface area contributed by atoms with Crippen molar-refractivity contribution in [3.8, 4) is 0 Å². The molecule has 1 saturated carbocycles. The number of hydrogen-bond acceptors (Lipinski definition) is 2. The molecule has 0 bridgehead atoms. The second kappa shape index (κ2) is 4.63. The quantitative estimate of drug-likeness (QED) is 0.697. The van der Waals surface area contributed by atoms with Crippen LogP contribution in [-0.2, 0) is 9.47 Å². The van der Waals surface area contributed by atoms with Crippen molar-refractivity contribution in [2.75, 3.05) is 14.2 Å². The van der Waals surface area contributed by atoms with E-state index in [0.717, 1.165) is 24.7 Å². The van der Waals surface area contributed by atoms with E-state index in [2.05, 4.69) is 20.8 Å². The lowest BCUT2D eigenvalue weighted by Gasteiger charge is -2.43. The molecule has 1 fully saturated rings. The molecule has 2 nitrogen and oxygen atoms in total. The summed E-state index contributed by atoms with van der Waals surface area (Å²) in [6, 6.07) is 0. The highest BCUT2D eigenvalue weighted by Gasteiger charge is 2.41. The van der Waals surface area contributed by atoms with Gasteiger partial charge >= 0.3 is 0 Å². The average molecular weight is 200 g/mol. The van der Waals surface area contributed by atoms with Gasteiger partial charge in [-0.1, -0.05) is 13.8 Å². The van der Waals surface area contributed by atoms with E-state index in [1.807, 2.05) is 0 Å². The summed E-state index contributed by atoms with van der Waals surface area (Å²) < 4.78 is 11.1. The van der Waals surface area contributed by atoms with E-state index in [1.165, 1.54) is 6.42 Å². The van der Waals surface area contributed by atoms with Gasteiger partial charge in [0.1, 0.15) is 0 Å². The Bertz CT molecular complexity index is 179. The third kappa shape index (κ3) is 2.29. The van der Waals surface area contributed by atoms with Crippen LogP contribution >= 0.6 is 0 Å². The van der Waals surface area contributed by atoms with Crippen LogP contribution in [0.2, 0.25) is 0 Å². The molecule has 0 aliphatic heterocycles. The summed E-state index contributed by atoms with van der Waals surface area (Å²) in [5.41, 5.74) is -0.0693. The summed E-state index contributed by atoms with van der Waals surface area (Å²) in [6.07, 6.45) is 3.78. The minimum atomic E-state index is -0.0693. The fourth-order valence-corrected chi connectivity index (χ4v) is 2.46. The molecule has 0 heterocycles. The van der Waals surface area contributed by atoms with Crippen LogP contribution in [0.1, 0.15) is 40.0 Å². The number of hydrogen-bond donors (Lipinski definition) is 0. The maximum absolute atomic E-state index is 5.59. The first-order valence-corrected chi connectivity index (χ1v) is 5.61. The van der Waals surface area contributed by atoms with Gasteiger partial charge in [-0.15, -0.1) is 0 Å². The lowest BCUT2D eigenvalue weighted by atomic mass is 9.73. The van der Waals surface area contributed by atoms with Gasteiger partial charge in [-0.05, 0) is 38.0 Å². The Balaban J connectivity index is 2.64. The van der Waals surface area contributed by atoms with Gasteiger partial charge in [-0.3, -0.25) is 0 Å². The van der Waals surface area contributed by atoms with Crippen LogP contribution in [0.3, 0.4) is 0 Å². The topological polar surface area (TPSA) is 18.5 Å². The van der Waals surface area contributed by atoms with Crippen LogP contribution in [-0.4, -0.2) is 25.9 Å². The molecule has 0 aromatic rings. The van der Waals surface area contributed by atoms with Gasteiger partial charge < -0.3 is 9.47 Å². The molecule has 2 heteroatoms. The maximum Gasteiger partial charge on any atom is 0.0911 e.